The van der Waals surface area contributed by atoms with E-state index < -0.39 is 5.82 Å². The van der Waals surface area contributed by atoms with Crippen LogP contribution in [0.1, 0.15) is 9.75 Å². The molecule has 0 saturated heterocycles. The normalized spacial score (nSPS) is 11.1. The summed E-state index contributed by atoms with van der Waals surface area (Å²) in [5, 5.41) is 18.4. The first-order valence-corrected chi connectivity index (χ1v) is 8.77. The van der Waals surface area contributed by atoms with Crippen LogP contribution in [0.15, 0.2) is 41.2 Å². The van der Waals surface area contributed by atoms with Crippen LogP contribution in [-0.2, 0) is 0 Å². The van der Waals surface area contributed by atoms with Crippen LogP contribution in [0, 0.1) is 35.4 Å². The van der Waals surface area contributed by atoms with Gasteiger partial charge in [0.05, 0.1) is 10.2 Å². The Morgan fingerprint density at radius 2 is 1.80 bits per heavy atom. The predicted octanol–water partition coefficient (Wildman–Crippen LogP) is 2.43. The highest BCUT2D eigenvalue weighted by atomic mass is 32.1. The second-order valence-corrected chi connectivity index (χ2v) is 7.43. The summed E-state index contributed by atoms with van der Waals surface area (Å²) in [5.41, 5.74) is -0.100. The van der Waals surface area contributed by atoms with Gasteiger partial charge in [0.15, 0.2) is 5.57 Å². The van der Waals surface area contributed by atoms with E-state index in [2.05, 4.69) is 0 Å². The van der Waals surface area contributed by atoms with Crippen LogP contribution >= 0.6 is 22.7 Å². The molecule has 0 radical (unpaired) electrons. The maximum absolute atomic E-state index is 13.2. The van der Waals surface area contributed by atoms with Gasteiger partial charge < -0.3 is 0 Å². The Labute approximate surface area is 150 Å². The van der Waals surface area contributed by atoms with Crippen molar-refractivity contribution in [1.29, 1.82) is 10.5 Å². The van der Waals surface area contributed by atoms with E-state index in [1.54, 1.807) is 17.4 Å². The smallest absolute Gasteiger partial charge is 0.267 e. The molecule has 0 aliphatic rings. The molecule has 0 spiro atoms. The van der Waals surface area contributed by atoms with Gasteiger partial charge in [0.25, 0.3) is 5.56 Å². The number of benzene rings is 1. The van der Waals surface area contributed by atoms with Crippen molar-refractivity contribution in [3.05, 3.63) is 71.5 Å². The van der Waals surface area contributed by atoms with Gasteiger partial charge in [0.2, 0.25) is 0 Å². The molecule has 7 heteroatoms. The highest BCUT2D eigenvalue weighted by Gasteiger charge is 2.11. The van der Waals surface area contributed by atoms with Crippen LogP contribution < -0.4 is 14.8 Å². The second-order valence-electron chi connectivity index (χ2n) is 5.08. The predicted molar refractivity (Wildman–Crippen MR) is 96.4 cm³/mol. The third kappa shape index (κ3) is 3.29. The van der Waals surface area contributed by atoms with Gasteiger partial charge in [0, 0.05) is 9.75 Å². The molecule has 0 amide bonds. The van der Waals surface area contributed by atoms with E-state index in [9.17, 15) is 19.7 Å². The molecule has 0 N–H and O–H groups in total. The summed E-state index contributed by atoms with van der Waals surface area (Å²) >= 11 is 2.61. The van der Waals surface area contributed by atoms with Crippen LogP contribution in [0.2, 0.25) is 0 Å². The molecule has 2 aromatic heterocycles. The van der Waals surface area contributed by atoms with Crippen LogP contribution in [0.25, 0.3) is 17.3 Å². The van der Waals surface area contributed by atoms with Crippen LogP contribution in [0.4, 0.5) is 4.39 Å². The zero-order valence-electron chi connectivity index (χ0n) is 13.0. The molecule has 0 atom stereocenters. The number of nitriles is 2. The van der Waals surface area contributed by atoms with Gasteiger partial charge in [-0.15, -0.1) is 22.7 Å². The van der Waals surface area contributed by atoms with Gasteiger partial charge in [0.1, 0.15) is 22.6 Å². The van der Waals surface area contributed by atoms with Crippen molar-refractivity contribution < 1.29 is 4.39 Å². The van der Waals surface area contributed by atoms with Crippen molar-refractivity contribution in [3.8, 4) is 17.8 Å². The molecule has 0 aliphatic carbocycles. The third-order valence-electron chi connectivity index (χ3n) is 3.38. The standard InChI is InChI=1S/C18H10FN3OS2/c1-11-2-7-15(24-11)8-16-17(23)22(14-5-3-13(19)4-6-14)18(25-16)12(9-20)10-21/h2-8H,1H3/b16-8-. The lowest BCUT2D eigenvalue weighted by Crippen LogP contribution is -2.30. The first kappa shape index (κ1) is 16.8. The van der Waals surface area contributed by atoms with Gasteiger partial charge in [-0.25, -0.2) is 4.39 Å². The SMILES string of the molecule is Cc1ccc(/C=c2\sc(=C(C#N)C#N)n(-c3ccc(F)cc3)c2=O)s1. The largest absolute Gasteiger partial charge is 0.273 e. The first-order chi connectivity index (χ1) is 12.0. The molecule has 4 nitrogen and oxygen atoms in total. The molecular weight excluding hydrogens is 357 g/mol. The molecule has 0 aliphatic heterocycles. The zero-order chi connectivity index (χ0) is 18.0. The molecule has 0 saturated carbocycles. The maximum Gasteiger partial charge on any atom is 0.273 e. The van der Waals surface area contributed by atoms with E-state index in [1.165, 1.54) is 28.8 Å². The Balaban J connectivity index is 2.38. The summed E-state index contributed by atoms with van der Waals surface area (Å²) in [4.78, 5) is 14.9. The monoisotopic (exact) mass is 367 g/mol. The van der Waals surface area contributed by atoms with Gasteiger partial charge in [-0.1, -0.05) is 0 Å². The van der Waals surface area contributed by atoms with Crippen LogP contribution in [0.3, 0.4) is 0 Å². The number of nitrogens with zero attached hydrogens (tertiary/aromatic N) is 3. The van der Waals surface area contributed by atoms with E-state index >= 15 is 0 Å². The number of halogens is 1. The maximum atomic E-state index is 13.2. The number of thiophene rings is 1. The Hall–Kier alpha value is -3.00. The summed E-state index contributed by atoms with van der Waals surface area (Å²) in [5.74, 6) is -0.431. The second kappa shape index (κ2) is 6.86. The van der Waals surface area contributed by atoms with E-state index in [-0.39, 0.29) is 15.8 Å². The van der Waals surface area contributed by atoms with Crippen LogP contribution in [-0.4, -0.2) is 4.57 Å². The lowest BCUT2D eigenvalue weighted by Gasteiger charge is -2.01. The molecule has 3 aromatic rings. The van der Waals surface area contributed by atoms with E-state index in [0.717, 1.165) is 21.1 Å². The van der Waals surface area contributed by atoms with Crippen molar-refractivity contribution >= 4 is 34.3 Å². The fraction of sp³-hybridized carbons (Fsp3) is 0.0556. The van der Waals surface area contributed by atoms with E-state index in [4.69, 9.17) is 0 Å². The summed E-state index contributed by atoms with van der Waals surface area (Å²) in [6, 6.07) is 12.8. The lowest BCUT2D eigenvalue weighted by molar-refractivity contribution is 0.627. The van der Waals surface area contributed by atoms with Crippen molar-refractivity contribution in [3.63, 3.8) is 0 Å². The summed E-state index contributed by atoms with van der Waals surface area (Å²) < 4.78 is 15.1. The van der Waals surface area contributed by atoms with E-state index in [1.807, 2.05) is 31.2 Å². The summed E-state index contributed by atoms with van der Waals surface area (Å²) in [6.45, 7) is 1.97. The van der Waals surface area contributed by atoms with Crippen LogP contribution in [0.5, 0.6) is 0 Å². The average Bonchev–Trinajstić information content (AvgIpc) is 3.14. The number of hydrogen-bond donors (Lipinski definition) is 0. The Morgan fingerprint density at radius 3 is 2.36 bits per heavy atom. The highest BCUT2D eigenvalue weighted by molar-refractivity contribution is 7.13. The molecular formula is C18H10FN3OS2. The number of aryl methyl sites for hydroxylation is 1. The number of hydrogen-bond acceptors (Lipinski definition) is 5. The van der Waals surface area contributed by atoms with E-state index in [0.29, 0.717) is 10.2 Å². The fourth-order valence-corrected chi connectivity index (χ4v) is 4.20. The minimum absolute atomic E-state index is 0.159. The topological polar surface area (TPSA) is 69.6 Å². The zero-order valence-corrected chi connectivity index (χ0v) is 14.6. The van der Waals surface area contributed by atoms with Gasteiger partial charge in [-0.2, -0.15) is 10.5 Å². The molecule has 25 heavy (non-hydrogen) atoms. The Morgan fingerprint density at radius 1 is 1.12 bits per heavy atom. The number of thiazole rings is 1. The van der Waals surface area contributed by atoms with Crippen molar-refractivity contribution in [1.82, 2.24) is 4.57 Å². The number of aromatic nitrogens is 1. The molecule has 2 heterocycles. The fourth-order valence-electron chi connectivity index (χ4n) is 2.26. The van der Waals surface area contributed by atoms with Crippen molar-refractivity contribution in [2.45, 2.75) is 6.92 Å². The molecule has 0 fully saturated rings. The van der Waals surface area contributed by atoms with Gasteiger partial charge >= 0.3 is 0 Å². The molecule has 3 rings (SSSR count). The van der Waals surface area contributed by atoms with Gasteiger partial charge in [-0.05, 0) is 49.4 Å². The minimum atomic E-state index is -0.431. The molecule has 122 valence electrons. The Bertz CT molecular complexity index is 1190. The average molecular weight is 367 g/mol. The Kier molecular flexibility index (Phi) is 4.62. The first-order valence-electron chi connectivity index (χ1n) is 7.14. The molecule has 0 bridgehead atoms. The summed E-state index contributed by atoms with van der Waals surface area (Å²) in [7, 11) is 0. The third-order valence-corrected chi connectivity index (χ3v) is 5.42. The molecule has 1 aromatic carbocycles. The van der Waals surface area contributed by atoms with Gasteiger partial charge in [-0.3, -0.25) is 9.36 Å². The molecule has 0 unspecified atom stereocenters. The lowest BCUT2D eigenvalue weighted by atomic mass is 10.3. The van der Waals surface area contributed by atoms with Crippen molar-refractivity contribution in [2.24, 2.45) is 0 Å². The summed E-state index contributed by atoms with van der Waals surface area (Å²) in [6.07, 6.45) is 1.74. The highest BCUT2D eigenvalue weighted by Crippen LogP contribution is 2.15. The van der Waals surface area contributed by atoms with Crippen molar-refractivity contribution in [2.75, 3.05) is 0 Å². The number of rotatable bonds is 2. The quantitative estimate of drug-likeness (QED) is 0.698. The minimum Gasteiger partial charge on any atom is -0.267 e.